The maximum Gasteiger partial charge on any atom is 0.318 e. The number of hydrogen-bond donors (Lipinski definition) is 1. The third-order valence-electron chi connectivity index (χ3n) is 7.61. The third-order valence-corrected chi connectivity index (χ3v) is 9.11. The topological polar surface area (TPSA) is 40.5 Å². The molecule has 0 saturated heterocycles. The van der Waals surface area contributed by atoms with E-state index in [2.05, 4.69) is 51.1 Å². The summed E-state index contributed by atoms with van der Waals surface area (Å²) in [6.07, 6.45) is 9.00. The number of fused-ring (bicyclic) bond motifs is 5. The van der Waals surface area contributed by atoms with Gasteiger partial charge in [0.15, 0.2) is 0 Å². The van der Waals surface area contributed by atoms with E-state index in [-0.39, 0.29) is 18.1 Å². The first-order chi connectivity index (χ1) is 16.6. The van der Waals surface area contributed by atoms with Crippen LogP contribution in [0, 0.1) is 0 Å². The molecule has 0 spiro atoms. The first-order valence-electron chi connectivity index (χ1n) is 12.4. The third kappa shape index (κ3) is 3.96. The van der Waals surface area contributed by atoms with Crippen LogP contribution in [0.1, 0.15) is 65.4 Å². The monoisotopic (exact) mass is 494 g/mol. The predicted octanol–water partition coefficient (Wildman–Crippen LogP) is 6.13. The Morgan fingerprint density at radius 1 is 1.09 bits per heavy atom. The SMILES string of the molecule is CN1CCc2c(sc3c2CN(C(=O)NC2CCCCC2)C(c2cccc(Cl)c2)c2cccn2-3)C1. The molecule has 2 aliphatic heterocycles. The van der Waals surface area contributed by atoms with Crippen LogP contribution in [0.25, 0.3) is 5.00 Å². The van der Waals surface area contributed by atoms with Crippen LogP contribution < -0.4 is 5.32 Å². The van der Waals surface area contributed by atoms with Crippen molar-refractivity contribution in [1.29, 1.82) is 0 Å². The van der Waals surface area contributed by atoms with Crippen molar-refractivity contribution in [2.75, 3.05) is 13.6 Å². The first-order valence-corrected chi connectivity index (χ1v) is 13.6. The van der Waals surface area contributed by atoms with Gasteiger partial charge in [-0.15, -0.1) is 11.3 Å². The van der Waals surface area contributed by atoms with Crippen LogP contribution in [-0.2, 0) is 19.5 Å². The summed E-state index contributed by atoms with van der Waals surface area (Å²) in [6.45, 7) is 2.65. The summed E-state index contributed by atoms with van der Waals surface area (Å²) in [5, 5.41) is 5.36. The van der Waals surface area contributed by atoms with Crippen molar-refractivity contribution in [1.82, 2.24) is 19.7 Å². The number of carbonyl (C=O) groups is 1. The number of hydrogen-bond acceptors (Lipinski definition) is 3. The standard InChI is InChI=1S/C27H31ClN4OS/c1-30-14-12-21-22-16-32(27(33)29-20-9-3-2-4-10-20)25(18-7-5-8-19(28)15-18)23-11-6-13-31(23)26(22)34-24(21)17-30/h5-8,11,13,15,20,25H,2-4,9-10,12,14,16-17H2,1H3,(H,29,33). The van der Waals surface area contributed by atoms with Gasteiger partial charge in [-0.1, -0.05) is 43.0 Å². The van der Waals surface area contributed by atoms with E-state index >= 15 is 0 Å². The molecule has 7 heteroatoms. The summed E-state index contributed by atoms with van der Waals surface area (Å²) in [5.41, 5.74) is 4.93. The van der Waals surface area contributed by atoms with E-state index in [0.29, 0.717) is 11.6 Å². The highest BCUT2D eigenvalue weighted by Crippen LogP contribution is 2.43. The normalized spacial score (nSPS) is 20.9. The van der Waals surface area contributed by atoms with Crippen LogP contribution >= 0.6 is 22.9 Å². The second kappa shape index (κ2) is 9.06. The Labute approximate surface area is 210 Å². The zero-order valence-electron chi connectivity index (χ0n) is 19.6. The molecule has 1 N–H and O–H groups in total. The number of thiophene rings is 1. The minimum atomic E-state index is -0.196. The lowest BCUT2D eigenvalue weighted by atomic mass is 9.95. The molecule has 2 amide bonds. The van der Waals surface area contributed by atoms with E-state index < -0.39 is 0 Å². The maximum absolute atomic E-state index is 13.9. The van der Waals surface area contributed by atoms with Gasteiger partial charge in [0.25, 0.3) is 0 Å². The number of benzene rings is 1. The molecule has 3 aromatic rings. The Bertz CT molecular complexity index is 1210. The van der Waals surface area contributed by atoms with E-state index in [1.165, 1.54) is 40.3 Å². The fourth-order valence-corrected chi connectivity index (χ4v) is 7.52. The lowest BCUT2D eigenvalue weighted by molar-refractivity contribution is 0.173. The highest BCUT2D eigenvalue weighted by Gasteiger charge is 2.37. The number of amides is 2. The van der Waals surface area contributed by atoms with Crippen LogP contribution in [0.15, 0.2) is 42.6 Å². The quantitative estimate of drug-likeness (QED) is 0.465. The smallest absolute Gasteiger partial charge is 0.318 e. The molecule has 1 fully saturated rings. The van der Waals surface area contributed by atoms with Crippen molar-refractivity contribution < 1.29 is 4.79 Å². The molecule has 178 valence electrons. The van der Waals surface area contributed by atoms with Gasteiger partial charge in [-0.25, -0.2) is 4.79 Å². The van der Waals surface area contributed by atoms with E-state index in [4.69, 9.17) is 11.6 Å². The minimum absolute atomic E-state index is 0.0327. The molecule has 1 aliphatic carbocycles. The highest BCUT2D eigenvalue weighted by atomic mass is 35.5. The lowest BCUT2D eigenvalue weighted by Crippen LogP contribution is -2.46. The second-order valence-corrected chi connectivity index (χ2v) is 11.5. The van der Waals surface area contributed by atoms with Gasteiger partial charge in [-0.2, -0.15) is 0 Å². The summed E-state index contributed by atoms with van der Waals surface area (Å²) < 4.78 is 2.32. The fraction of sp³-hybridized carbons (Fsp3) is 0.444. The number of likely N-dealkylation sites (N-methyl/N-ethyl adjacent to an activating group) is 1. The lowest BCUT2D eigenvalue weighted by Gasteiger charge is -2.34. The van der Waals surface area contributed by atoms with Crippen molar-refractivity contribution in [3.63, 3.8) is 0 Å². The zero-order chi connectivity index (χ0) is 23.2. The second-order valence-electron chi connectivity index (χ2n) is 9.95. The molecule has 2 aromatic heterocycles. The molecule has 34 heavy (non-hydrogen) atoms. The Balaban J connectivity index is 1.47. The van der Waals surface area contributed by atoms with E-state index in [9.17, 15) is 4.79 Å². The number of aromatic nitrogens is 1. The molecule has 1 atom stereocenters. The zero-order valence-corrected chi connectivity index (χ0v) is 21.2. The van der Waals surface area contributed by atoms with Crippen molar-refractivity contribution in [2.45, 2.75) is 63.7 Å². The average Bonchev–Trinajstić information content (AvgIpc) is 3.41. The Morgan fingerprint density at radius 2 is 1.94 bits per heavy atom. The molecule has 1 aromatic carbocycles. The van der Waals surface area contributed by atoms with Crippen molar-refractivity contribution in [3.8, 4) is 5.00 Å². The van der Waals surface area contributed by atoms with Crippen LogP contribution in [0.3, 0.4) is 0 Å². The van der Waals surface area contributed by atoms with Gasteiger partial charge in [0.2, 0.25) is 0 Å². The number of urea groups is 1. The van der Waals surface area contributed by atoms with Gasteiger partial charge in [0.05, 0.1) is 18.3 Å². The summed E-state index contributed by atoms with van der Waals surface area (Å²) >= 11 is 8.33. The van der Waals surface area contributed by atoms with Gasteiger partial charge < -0.3 is 19.7 Å². The van der Waals surface area contributed by atoms with Gasteiger partial charge >= 0.3 is 6.03 Å². The number of nitrogens with zero attached hydrogens (tertiary/aromatic N) is 3. The van der Waals surface area contributed by atoms with E-state index in [1.807, 2.05) is 29.5 Å². The summed E-state index contributed by atoms with van der Waals surface area (Å²) in [4.78, 5) is 19.8. The van der Waals surface area contributed by atoms with Gasteiger partial charge in [0.1, 0.15) is 5.00 Å². The molecule has 0 radical (unpaired) electrons. The predicted molar refractivity (Wildman–Crippen MR) is 138 cm³/mol. The molecule has 5 nitrogen and oxygen atoms in total. The Kier molecular flexibility index (Phi) is 5.92. The Morgan fingerprint density at radius 3 is 2.76 bits per heavy atom. The summed E-state index contributed by atoms with van der Waals surface area (Å²) in [5.74, 6) is 0. The molecule has 0 bridgehead atoms. The Hall–Kier alpha value is -2.28. The number of carbonyl (C=O) groups excluding carboxylic acids is 1. The van der Waals surface area contributed by atoms with Gasteiger partial charge in [-0.3, -0.25) is 0 Å². The van der Waals surface area contributed by atoms with E-state index in [0.717, 1.165) is 43.6 Å². The molecule has 6 rings (SSSR count). The fourth-order valence-electron chi connectivity index (χ4n) is 5.88. The van der Waals surface area contributed by atoms with Crippen molar-refractivity contribution >= 4 is 29.0 Å². The van der Waals surface area contributed by atoms with Crippen LogP contribution in [0.4, 0.5) is 4.79 Å². The molecular formula is C27H31ClN4OS. The van der Waals surface area contributed by atoms with Crippen molar-refractivity contribution in [2.24, 2.45) is 0 Å². The molecule has 3 aliphatic rings. The maximum atomic E-state index is 13.9. The summed E-state index contributed by atoms with van der Waals surface area (Å²) in [6, 6.07) is 12.4. The van der Waals surface area contributed by atoms with Crippen LogP contribution in [-0.4, -0.2) is 40.0 Å². The number of halogens is 1. The molecule has 4 heterocycles. The van der Waals surface area contributed by atoms with Crippen LogP contribution in [0.2, 0.25) is 5.02 Å². The molecule has 1 saturated carbocycles. The van der Waals surface area contributed by atoms with E-state index in [1.54, 1.807) is 0 Å². The molecule has 1 unspecified atom stereocenters. The largest absolute Gasteiger partial charge is 0.335 e. The van der Waals surface area contributed by atoms with Crippen LogP contribution in [0.5, 0.6) is 0 Å². The van der Waals surface area contributed by atoms with Crippen molar-refractivity contribution in [3.05, 3.63) is 74.9 Å². The minimum Gasteiger partial charge on any atom is -0.335 e. The summed E-state index contributed by atoms with van der Waals surface area (Å²) in [7, 11) is 2.19. The number of nitrogens with one attached hydrogen (secondary N) is 1. The van der Waals surface area contributed by atoms with Gasteiger partial charge in [0, 0.05) is 40.8 Å². The molecular weight excluding hydrogens is 464 g/mol. The van der Waals surface area contributed by atoms with Gasteiger partial charge in [-0.05, 0) is 61.7 Å². The first kappa shape index (κ1) is 22.2. The highest BCUT2D eigenvalue weighted by molar-refractivity contribution is 7.15. The number of rotatable bonds is 2. The average molecular weight is 495 g/mol.